The van der Waals surface area contributed by atoms with Gasteiger partial charge in [0.15, 0.2) is 23.4 Å². The average Bonchev–Trinajstić information content (AvgIpc) is 2.81. The van der Waals surface area contributed by atoms with E-state index < -0.39 is 42.8 Å². The molecule has 0 aliphatic carbocycles. The molecule has 3 heterocycles. The molecule has 2 aromatic carbocycles. The Morgan fingerprint density at radius 1 is 1.25 bits per heavy atom. The van der Waals surface area contributed by atoms with E-state index in [9.17, 15) is 8.78 Å². The highest BCUT2D eigenvalue weighted by Crippen LogP contribution is 2.39. The van der Waals surface area contributed by atoms with Gasteiger partial charge in [0, 0.05) is 24.4 Å². The lowest BCUT2D eigenvalue weighted by Gasteiger charge is -2.44. The fourth-order valence-corrected chi connectivity index (χ4v) is 4.23. The number of hydrogen-bond donors (Lipinski definition) is 1. The van der Waals surface area contributed by atoms with Gasteiger partial charge in [0.25, 0.3) is 5.92 Å². The van der Waals surface area contributed by atoms with Crippen LogP contribution in [-0.2, 0) is 4.74 Å². The van der Waals surface area contributed by atoms with Crippen molar-refractivity contribution in [3.05, 3.63) is 47.8 Å². The highest BCUT2D eigenvalue weighted by Gasteiger charge is 2.48. The van der Waals surface area contributed by atoms with Crippen LogP contribution < -0.4 is 14.8 Å². The van der Waals surface area contributed by atoms with Crippen LogP contribution in [0.3, 0.4) is 0 Å². The first-order valence-corrected chi connectivity index (χ1v) is 11.0. The molecule has 0 amide bonds. The Balaban J connectivity index is 1.51. The zero-order valence-corrected chi connectivity index (χ0v) is 18.7. The summed E-state index contributed by atoms with van der Waals surface area (Å²) >= 11 is 0. The summed E-state index contributed by atoms with van der Waals surface area (Å²) in [6.45, 7) is 0.548. The van der Waals surface area contributed by atoms with Crippen LogP contribution in [0.4, 0.5) is 29.1 Å². The van der Waals surface area contributed by atoms with Crippen molar-refractivity contribution in [3.8, 4) is 23.8 Å². The van der Waals surface area contributed by atoms with E-state index in [0.29, 0.717) is 19.8 Å². The van der Waals surface area contributed by atoms with E-state index in [4.69, 9.17) is 24.7 Å². The third-order valence-electron chi connectivity index (χ3n) is 6.27. The number of anilines is 2. The molecule has 2 fully saturated rings. The maximum Gasteiger partial charge on any atom is 0.296 e. The molecule has 7 nitrogen and oxygen atoms in total. The summed E-state index contributed by atoms with van der Waals surface area (Å²) in [5.74, 6) is -3.90. The molecule has 0 radical (unpaired) electrons. The van der Waals surface area contributed by atoms with Crippen LogP contribution in [0, 0.1) is 24.0 Å². The van der Waals surface area contributed by atoms with Crippen LogP contribution in [0.2, 0.25) is 0 Å². The number of nitrogens with one attached hydrogen (secondary N) is 1. The Kier molecular flexibility index (Phi) is 5.39. The van der Waals surface area contributed by atoms with Crippen LogP contribution in [0.15, 0.2) is 30.6 Å². The molecule has 5 rings (SSSR count). The summed E-state index contributed by atoms with van der Waals surface area (Å²) in [6.07, 6.45) is 4.70. The summed E-state index contributed by atoms with van der Waals surface area (Å²) in [7, 11) is -2.92. The number of rotatable bonds is 6. The largest absolute Gasteiger partial charge is 0.493 e. The molecular formula is C25H22F4N4O3. The Morgan fingerprint density at radius 3 is 2.78 bits per heavy atom. The number of likely N-dealkylation sites (tertiary alicyclic amines) is 1. The molecule has 0 spiro atoms. The normalized spacial score (nSPS) is 21.5. The highest BCUT2D eigenvalue weighted by atomic mass is 19.3. The topological polar surface area (TPSA) is 68.7 Å². The molecule has 36 heavy (non-hydrogen) atoms. The molecule has 1 aromatic heterocycles. The fourth-order valence-electron chi connectivity index (χ4n) is 4.23. The SMILES string of the molecule is [2H]C([2H])([2H])Oc1cc2ncnc(Nc3ccc(F)c(C#C)c3F)c2cc1O[C@@H]1CCN(C2COC2)CC1(F)F. The molecule has 1 atom stereocenters. The second-order valence-electron chi connectivity index (χ2n) is 8.51. The number of benzene rings is 2. The molecule has 2 saturated heterocycles. The Morgan fingerprint density at radius 2 is 2.08 bits per heavy atom. The quantitative estimate of drug-likeness (QED) is 0.399. The molecular weight excluding hydrogens is 480 g/mol. The third-order valence-corrected chi connectivity index (χ3v) is 6.27. The second kappa shape index (κ2) is 9.44. The first kappa shape index (κ1) is 20.6. The summed E-state index contributed by atoms with van der Waals surface area (Å²) in [5, 5.41) is 2.87. The zero-order chi connectivity index (χ0) is 27.9. The first-order valence-electron chi connectivity index (χ1n) is 12.5. The van der Waals surface area contributed by atoms with Gasteiger partial charge in [-0.2, -0.15) is 0 Å². The van der Waals surface area contributed by atoms with Gasteiger partial charge in [0.2, 0.25) is 0 Å². The smallest absolute Gasteiger partial charge is 0.296 e. The number of aromatic nitrogens is 2. The van der Waals surface area contributed by atoms with Gasteiger partial charge in [-0.3, -0.25) is 4.90 Å². The highest BCUT2D eigenvalue weighted by molar-refractivity contribution is 5.93. The number of piperidine rings is 1. The lowest BCUT2D eigenvalue weighted by molar-refractivity contribution is -0.170. The van der Waals surface area contributed by atoms with Crippen LogP contribution in [0.1, 0.15) is 16.1 Å². The number of nitrogens with zero attached hydrogens (tertiary/aromatic N) is 3. The standard InChI is InChI=1S/C25H22F4N4O3/c1-3-15-17(26)4-5-18(23(15)27)32-24-16-8-21(20(34-2)9-19(16)30-13-31-24)36-22-6-7-33(12-25(22,28)29)14-10-35-11-14/h1,4-5,8-9,13-14,22H,6-7,10-12H2,2H3,(H,30,31,32)/t22-/m1/s1/i2D3. The van der Waals surface area contributed by atoms with Crippen molar-refractivity contribution < 1.29 is 35.9 Å². The molecule has 2 aliphatic rings. The fraction of sp³-hybridized carbons (Fsp3) is 0.360. The Labute approximate surface area is 208 Å². The molecule has 0 bridgehead atoms. The minimum Gasteiger partial charge on any atom is -0.493 e. The number of ether oxygens (including phenoxy) is 3. The van der Waals surface area contributed by atoms with Gasteiger partial charge in [0.05, 0.1) is 53.7 Å². The van der Waals surface area contributed by atoms with Gasteiger partial charge < -0.3 is 19.5 Å². The van der Waals surface area contributed by atoms with E-state index in [1.807, 2.05) is 5.92 Å². The van der Waals surface area contributed by atoms with Crippen LogP contribution in [-0.4, -0.2) is 66.3 Å². The molecule has 11 heteroatoms. The predicted octanol–water partition coefficient (Wildman–Crippen LogP) is 4.13. The van der Waals surface area contributed by atoms with E-state index in [-0.39, 0.29) is 46.4 Å². The van der Waals surface area contributed by atoms with E-state index >= 15 is 8.78 Å². The van der Waals surface area contributed by atoms with Crippen molar-refractivity contribution in [3.63, 3.8) is 0 Å². The van der Waals surface area contributed by atoms with E-state index in [2.05, 4.69) is 15.3 Å². The maximum absolute atomic E-state index is 15.1. The predicted molar refractivity (Wildman–Crippen MR) is 124 cm³/mol. The van der Waals surface area contributed by atoms with Gasteiger partial charge in [-0.1, -0.05) is 5.92 Å². The van der Waals surface area contributed by atoms with Gasteiger partial charge >= 0.3 is 0 Å². The molecule has 0 saturated carbocycles. The molecule has 0 unspecified atom stereocenters. The summed E-state index contributed by atoms with van der Waals surface area (Å²) in [6, 6.07) is 4.45. The van der Waals surface area contributed by atoms with Crippen molar-refractivity contribution in [2.45, 2.75) is 24.5 Å². The van der Waals surface area contributed by atoms with Crippen molar-refractivity contribution in [1.29, 1.82) is 0 Å². The van der Waals surface area contributed by atoms with Crippen molar-refractivity contribution in [2.24, 2.45) is 0 Å². The third kappa shape index (κ3) is 4.38. The van der Waals surface area contributed by atoms with Crippen LogP contribution in [0.5, 0.6) is 11.5 Å². The minimum absolute atomic E-state index is 0.00493. The first-order chi connectivity index (χ1) is 18.4. The van der Waals surface area contributed by atoms with E-state index in [1.54, 1.807) is 4.90 Å². The molecule has 3 aromatic rings. The summed E-state index contributed by atoms with van der Waals surface area (Å²) < 4.78 is 97.3. The molecule has 188 valence electrons. The lowest BCUT2D eigenvalue weighted by Crippen LogP contribution is -2.60. The van der Waals surface area contributed by atoms with Crippen LogP contribution >= 0.6 is 0 Å². The summed E-state index contributed by atoms with van der Waals surface area (Å²) in [4.78, 5) is 9.80. The zero-order valence-electron chi connectivity index (χ0n) is 21.7. The minimum atomic E-state index is -3.27. The van der Waals surface area contributed by atoms with Crippen molar-refractivity contribution >= 4 is 22.4 Å². The number of terminal acetylenes is 1. The lowest BCUT2D eigenvalue weighted by atomic mass is 10.0. The van der Waals surface area contributed by atoms with Gasteiger partial charge in [-0.15, -0.1) is 6.42 Å². The van der Waals surface area contributed by atoms with Gasteiger partial charge in [-0.25, -0.2) is 27.5 Å². The monoisotopic (exact) mass is 505 g/mol. The van der Waals surface area contributed by atoms with Gasteiger partial charge in [0.1, 0.15) is 18.0 Å². The van der Waals surface area contributed by atoms with Crippen molar-refractivity contribution in [1.82, 2.24) is 14.9 Å². The maximum atomic E-state index is 15.1. The summed E-state index contributed by atoms with van der Waals surface area (Å²) in [5.41, 5.74) is -0.642. The van der Waals surface area contributed by atoms with Crippen molar-refractivity contribution in [2.75, 3.05) is 38.7 Å². The Hall–Kier alpha value is -3.62. The molecule has 1 N–H and O–H groups in total. The van der Waals surface area contributed by atoms with E-state index in [0.717, 1.165) is 18.5 Å². The Bertz CT molecular complexity index is 1450. The average molecular weight is 505 g/mol. The number of alkyl halides is 2. The number of halogens is 4. The number of hydrogen-bond acceptors (Lipinski definition) is 7. The second-order valence-corrected chi connectivity index (χ2v) is 8.51. The van der Waals surface area contributed by atoms with E-state index in [1.165, 1.54) is 12.1 Å². The number of methoxy groups -OCH3 is 1. The molecule has 2 aliphatic heterocycles. The van der Waals surface area contributed by atoms with Crippen LogP contribution in [0.25, 0.3) is 10.9 Å². The van der Waals surface area contributed by atoms with Gasteiger partial charge in [-0.05, 0) is 18.2 Å². The number of fused-ring (bicyclic) bond motifs is 1.